The average Bonchev–Trinajstić information content (AvgIpc) is 3.30. The molecular weight excluding hydrogens is 456 g/mol. The van der Waals surface area contributed by atoms with Gasteiger partial charge in [0.2, 0.25) is 0 Å². The smallest absolute Gasteiger partial charge is 0.199 e. The number of fused-ring (bicyclic) bond motifs is 1. The minimum Gasteiger partial charge on any atom is -0.199 e. The largest absolute Gasteiger partial charge is 0.283 e. The van der Waals surface area contributed by atoms with Crippen LogP contribution in [0.5, 0.6) is 0 Å². The third-order valence-electron chi connectivity index (χ3n) is 6.05. The number of hydrogen-bond donors (Lipinski definition) is 0. The van der Waals surface area contributed by atoms with Crippen molar-refractivity contribution < 1.29 is 8.42 Å². The standard InChI is InChI=1S/C28H25N2O2SSi/c1-22-12-15-25(16-13-22)33(31,32)30-28-17-14-23(20-24(28)21-29-30)18-19-34(26-8-4-2-5-9-26)27-10-6-3-7-11-27/h2-17,20-21H,18-19H2,1H3. The summed E-state index contributed by atoms with van der Waals surface area (Å²) < 4.78 is 27.4. The fraction of sp³-hybridized carbons (Fsp3) is 0.107. The van der Waals surface area contributed by atoms with Crippen molar-refractivity contribution in [3.8, 4) is 0 Å². The molecule has 4 nitrogen and oxygen atoms in total. The second kappa shape index (κ2) is 9.41. The molecule has 34 heavy (non-hydrogen) atoms. The Labute approximate surface area is 202 Å². The summed E-state index contributed by atoms with van der Waals surface area (Å²) in [4.78, 5) is 0.241. The Morgan fingerprint density at radius 1 is 0.794 bits per heavy atom. The first-order valence-corrected chi connectivity index (χ1v) is 14.4. The van der Waals surface area contributed by atoms with Gasteiger partial charge in [-0.25, -0.2) is 0 Å². The van der Waals surface area contributed by atoms with Crippen LogP contribution in [0.4, 0.5) is 0 Å². The van der Waals surface area contributed by atoms with Crippen LogP contribution < -0.4 is 10.4 Å². The van der Waals surface area contributed by atoms with Crippen molar-refractivity contribution in [2.75, 3.05) is 0 Å². The van der Waals surface area contributed by atoms with E-state index in [1.165, 1.54) is 15.9 Å². The molecule has 0 aliphatic carbocycles. The Morgan fingerprint density at radius 2 is 1.41 bits per heavy atom. The van der Waals surface area contributed by atoms with Gasteiger partial charge in [0, 0.05) is 5.39 Å². The third kappa shape index (κ3) is 4.47. The summed E-state index contributed by atoms with van der Waals surface area (Å²) in [5.41, 5.74) is 2.80. The lowest BCUT2D eigenvalue weighted by atomic mass is 10.1. The first kappa shape index (κ1) is 22.3. The monoisotopic (exact) mass is 481 g/mol. The molecule has 0 bridgehead atoms. The van der Waals surface area contributed by atoms with E-state index in [1.807, 2.05) is 19.1 Å². The van der Waals surface area contributed by atoms with Gasteiger partial charge in [0.1, 0.15) is 8.80 Å². The molecule has 5 rings (SSSR count). The number of benzene rings is 4. The molecule has 1 radical (unpaired) electrons. The number of rotatable bonds is 7. The van der Waals surface area contributed by atoms with E-state index in [-0.39, 0.29) is 4.90 Å². The van der Waals surface area contributed by atoms with Crippen LogP contribution in [-0.4, -0.2) is 26.4 Å². The highest BCUT2D eigenvalue weighted by Gasteiger charge is 2.21. The van der Waals surface area contributed by atoms with Crippen LogP contribution >= 0.6 is 0 Å². The molecule has 0 N–H and O–H groups in total. The van der Waals surface area contributed by atoms with Crippen LogP contribution in [-0.2, 0) is 16.4 Å². The van der Waals surface area contributed by atoms with E-state index >= 15 is 0 Å². The maximum Gasteiger partial charge on any atom is 0.283 e. The second-order valence-corrected chi connectivity index (χ2v) is 12.8. The quantitative estimate of drug-likeness (QED) is 0.323. The number of nitrogens with zero attached hydrogens (tertiary/aromatic N) is 2. The van der Waals surface area contributed by atoms with Crippen LogP contribution in [0.1, 0.15) is 11.1 Å². The van der Waals surface area contributed by atoms with Gasteiger partial charge < -0.3 is 0 Å². The van der Waals surface area contributed by atoms with E-state index in [1.54, 1.807) is 30.5 Å². The van der Waals surface area contributed by atoms with Crippen LogP contribution in [0.3, 0.4) is 0 Å². The van der Waals surface area contributed by atoms with Crippen molar-refractivity contribution in [1.29, 1.82) is 0 Å². The molecule has 0 aliphatic rings. The summed E-state index contributed by atoms with van der Waals surface area (Å²) >= 11 is 0. The Bertz CT molecular complexity index is 1470. The van der Waals surface area contributed by atoms with Crippen molar-refractivity contribution in [3.05, 3.63) is 120 Å². The van der Waals surface area contributed by atoms with Crippen molar-refractivity contribution in [1.82, 2.24) is 9.19 Å². The molecule has 0 saturated heterocycles. The summed E-state index contributed by atoms with van der Waals surface area (Å²) in [6.07, 6.45) is 2.56. The Kier molecular flexibility index (Phi) is 6.17. The summed E-state index contributed by atoms with van der Waals surface area (Å²) in [6.45, 7) is 1.93. The van der Waals surface area contributed by atoms with Crippen LogP contribution in [0.2, 0.25) is 6.04 Å². The normalized spacial score (nSPS) is 11.8. The van der Waals surface area contributed by atoms with Gasteiger partial charge in [0.25, 0.3) is 10.0 Å². The van der Waals surface area contributed by atoms with Gasteiger partial charge in [-0.2, -0.15) is 17.6 Å². The minimum absolute atomic E-state index is 0.241. The highest BCUT2D eigenvalue weighted by atomic mass is 32.2. The van der Waals surface area contributed by atoms with E-state index < -0.39 is 18.8 Å². The molecule has 4 aromatic carbocycles. The molecule has 1 aromatic heterocycles. The van der Waals surface area contributed by atoms with E-state index in [4.69, 9.17) is 0 Å². The molecule has 1 heterocycles. The maximum atomic E-state index is 13.1. The molecule has 0 saturated carbocycles. The fourth-order valence-corrected chi connectivity index (χ4v) is 8.13. The summed E-state index contributed by atoms with van der Waals surface area (Å²) in [7, 11) is -4.66. The zero-order valence-corrected chi connectivity index (χ0v) is 20.7. The highest BCUT2D eigenvalue weighted by molar-refractivity contribution is 7.90. The minimum atomic E-state index is -3.74. The summed E-state index contributed by atoms with van der Waals surface area (Å²) in [5.74, 6) is 0. The van der Waals surface area contributed by atoms with Gasteiger partial charge in [-0.05, 0) is 49.2 Å². The van der Waals surface area contributed by atoms with Gasteiger partial charge in [0.05, 0.1) is 16.6 Å². The van der Waals surface area contributed by atoms with Gasteiger partial charge in [-0.3, -0.25) is 0 Å². The van der Waals surface area contributed by atoms with Crippen LogP contribution in [0.15, 0.2) is 114 Å². The Morgan fingerprint density at radius 3 is 2.03 bits per heavy atom. The maximum absolute atomic E-state index is 13.1. The lowest BCUT2D eigenvalue weighted by Crippen LogP contribution is -2.42. The Hall–Kier alpha value is -3.48. The zero-order valence-electron chi connectivity index (χ0n) is 18.9. The molecule has 0 spiro atoms. The molecule has 0 unspecified atom stereocenters. The topological polar surface area (TPSA) is 52.0 Å². The average molecular weight is 482 g/mol. The molecule has 169 valence electrons. The number of aromatic nitrogens is 2. The Balaban J connectivity index is 1.41. The summed E-state index contributed by atoms with van der Waals surface area (Å²) in [6, 6.07) is 35.3. The van der Waals surface area contributed by atoms with Crippen molar-refractivity contribution in [2.24, 2.45) is 0 Å². The zero-order chi connectivity index (χ0) is 23.5. The fourth-order valence-electron chi connectivity index (χ4n) is 4.22. The molecule has 0 fully saturated rings. The SMILES string of the molecule is Cc1ccc(S(=O)(=O)n2ncc3cc(CC[Si](c4ccccc4)c4ccccc4)ccc32)cc1. The number of aryl methyl sites for hydroxylation is 2. The van der Waals surface area contributed by atoms with Crippen molar-refractivity contribution in [2.45, 2.75) is 24.3 Å². The van der Waals surface area contributed by atoms with Crippen LogP contribution in [0, 0.1) is 6.92 Å². The lowest BCUT2D eigenvalue weighted by Gasteiger charge is -2.16. The van der Waals surface area contributed by atoms with E-state index in [0.717, 1.165) is 27.5 Å². The second-order valence-electron chi connectivity index (χ2n) is 8.41. The van der Waals surface area contributed by atoms with Gasteiger partial charge in [-0.15, -0.1) is 0 Å². The lowest BCUT2D eigenvalue weighted by molar-refractivity contribution is 0.582. The van der Waals surface area contributed by atoms with Gasteiger partial charge in [0.15, 0.2) is 0 Å². The molecule has 0 amide bonds. The van der Waals surface area contributed by atoms with Crippen molar-refractivity contribution >= 4 is 40.1 Å². The molecule has 0 atom stereocenters. The van der Waals surface area contributed by atoms with E-state index in [2.05, 4.69) is 71.8 Å². The predicted molar refractivity (Wildman–Crippen MR) is 140 cm³/mol. The first-order valence-electron chi connectivity index (χ1n) is 11.3. The molecule has 6 heteroatoms. The predicted octanol–water partition coefficient (Wildman–Crippen LogP) is 4.43. The van der Waals surface area contributed by atoms with E-state index in [9.17, 15) is 8.42 Å². The van der Waals surface area contributed by atoms with Crippen molar-refractivity contribution in [3.63, 3.8) is 0 Å². The van der Waals surface area contributed by atoms with Gasteiger partial charge in [-0.1, -0.05) is 94.8 Å². The molecule has 5 aromatic rings. The van der Waals surface area contributed by atoms with E-state index in [0.29, 0.717) is 5.52 Å². The third-order valence-corrected chi connectivity index (χ3v) is 10.5. The first-order chi connectivity index (χ1) is 16.5. The molecule has 0 aliphatic heterocycles. The van der Waals surface area contributed by atoms with Gasteiger partial charge >= 0.3 is 0 Å². The van der Waals surface area contributed by atoms with Crippen LogP contribution in [0.25, 0.3) is 10.9 Å². The highest BCUT2D eigenvalue weighted by Crippen LogP contribution is 2.22. The number of hydrogen-bond acceptors (Lipinski definition) is 3. The summed E-state index contributed by atoms with van der Waals surface area (Å²) in [5, 5.41) is 7.87. The molecular formula is C28H25N2O2SSi.